The van der Waals surface area contributed by atoms with Crippen molar-refractivity contribution in [2.75, 3.05) is 18.1 Å². The number of rotatable bonds is 1. The minimum Gasteiger partial charge on any atom is -0.216 e. The van der Waals surface area contributed by atoms with Gasteiger partial charge in [-0.25, -0.2) is 5.14 Å². The van der Waals surface area contributed by atoms with Gasteiger partial charge in [-0.1, -0.05) is 0 Å². The minimum absolute atomic E-state index is 0.0451. The SMILES string of the molecule is CC1CSCCN1S(N)(=O)=O. The van der Waals surface area contributed by atoms with E-state index >= 15 is 0 Å². The van der Waals surface area contributed by atoms with Crippen molar-refractivity contribution in [3.05, 3.63) is 0 Å². The zero-order valence-corrected chi connectivity index (χ0v) is 7.99. The van der Waals surface area contributed by atoms with Crippen molar-refractivity contribution in [2.45, 2.75) is 13.0 Å². The van der Waals surface area contributed by atoms with Gasteiger partial charge in [-0.15, -0.1) is 0 Å². The Balaban J connectivity index is 2.70. The van der Waals surface area contributed by atoms with E-state index in [1.165, 1.54) is 4.31 Å². The predicted octanol–water partition coefficient (Wildman–Crippen LogP) is -0.373. The van der Waals surface area contributed by atoms with Gasteiger partial charge in [-0.3, -0.25) is 0 Å². The number of hydrogen-bond donors (Lipinski definition) is 1. The van der Waals surface area contributed by atoms with Crippen molar-refractivity contribution in [3.8, 4) is 0 Å². The summed E-state index contributed by atoms with van der Waals surface area (Å²) in [5.74, 6) is 1.69. The topological polar surface area (TPSA) is 63.4 Å². The van der Waals surface area contributed by atoms with Crippen LogP contribution in [0.25, 0.3) is 0 Å². The molecule has 4 nitrogen and oxygen atoms in total. The Kier molecular flexibility index (Phi) is 2.79. The molecule has 2 N–H and O–H groups in total. The number of nitrogens with zero attached hydrogens (tertiary/aromatic N) is 1. The molecule has 0 aliphatic carbocycles. The molecule has 1 heterocycles. The molecule has 0 amide bonds. The van der Waals surface area contributed by atoms with Gasteiger partial charge in [-0.2, -0.15) is 24.5 Å². The fourth-order valence-electron chi connectivity index (χ4n) is 1.09. The van der Waals surface area contributed by atoms with Crippen LogP contribution in [0, 0.1) is 0 Å². The second kappa shape index (κ2) is 3.30. The molecule has 0 spiro atoms. The molecule has 0 aromatic heterocycles. The molecule has 0 radical (unpaired) electrons. The Morgan fingerprint density at radius 1 is 1.64 bits per heavy atom. The lowest BCUT2D eigenvalue weighted by atomic mass is 10.4. The molecular weight excluding hydrogens is 184 g/mol. The first kappa shape index (κ1) is 9.31. The molecule has 1 aliphatic heterocycles. The summed E-state index contributed by atoms with van der Waals surface area (Å²) in [7, 11) is -3.46. The zero-order chi connectivity index (χ0) is 8.48. The van der Waals surface area contributed by atoms with E-state index in [-0.39, 0.29) is 6.04 Å². The van der Waals surface area contributed by atoms with E-state index in [0.717, 1.165) is 11.5 Å². The summed E-state index contributed by atoms with van der Waals surface area (Å²) < 4.78 is 23.1. The fraction of sp³-hybridized carbons (Fsp3) is 1.00. The Morgan fingerprint density at radius 3 is 2.64 bits per heavy atom. The molecule has 0 aromatic carbocycles. The molecule has 1 saturated heterocycles. The van der Waals surface area contributed by atoms with Crippen LogP contribution in [0.3, 0.4) is 0 Å². The van der Waals surface area contributed by atoms with Crippen molar-refractivity contribution < 1.29 is 8.42 Å². The van der Waals surface area contributed by atoms with Crippen molar-refractivity contribution in [1.82, 2.24) is 4.31 Å². The molecule has 0 bridgehead atoms. The number of hydrogen-bond acceptors (Lipinski definition) is 3. The maximum Gasteiger partial charge on any atom is 0.277 e. The van der Waals surface area contributed by atoms with Gasteiger partial charge in [0.15, 0.2) is 0 Å². The van der Waals surface area contributed by atoms with E-state index in [0.29, 0.717) is 6.54 Å². The van der Waals surface area contributed by atoms with Crippen LogP contribution in [0.15, 0.2) is 0 Å². The van der Waals surface area contributed by atoms with Gasteiger partial charge < -0.3 is 0 Å². The number of thioether (sulfide) groups is 1. The average Bonchev–Trinajstić information content (AvgIpc) is 1.86. The second-order valence-corrected chi connectivity index (χ2v) is 5.23. The third-order valence-corrected chi connectivity index (χ3v) is 4.02. The maximum atomic E-state index is 10.9. The van der Waals surface area contributed by atoms with Crippen molar-refractivity contribution in [2.24, 2.45) is 5.14 Å². The van der Waals surface area contributed by atoms with E-state index in [9.17, 15) is 8.42 Å². The van der Waals surface area contributed by atoms with Gasteiger partial charge in [0, 0.05) is 24.1 Å². The molecule has 66 valence electrons. The lowest BCUT2D eigenvalue weighted by Crippen LogP contribution is -2.47. The van der Waals surface area contributed by atoms with Crippen LogP contribution < -0.4 is 5.14 Å². The van der Waals surface area contributed by atoms with Gasteiger partial charge in [0.2, 0.25) is 0 Å². The molecule has 1 rings (SSSR count). The summed E-state index contributed by atoms with van der Waals surface area (Å²) in [4.78, 5) is 0. The van der Waals surface area contributed by atoms with Gasteiger partial charge in [0.1, 0.15) is 0 Å². The van der Waals surface area contributed by atoms with Crippen molar-refractivity contribution >= 4 is 22.0 Å². The first-order valence-corrected chi connectivity index (χ1v) is 6.05. The lowest BCUT2D eigenvalue weighted by Gasteiger charge is -2.29. The summed E-state index contributed by atoms with van der Waals surface area (Å²) >= 11 is 1.76. The van der Waals surface area contributed by atoms with Crippen molar-refractivity contribution in [3.63, 3.8) is 0 Å². The smallest absolute Gasteiger partial charge is 0.216 e. The molecule has 1 aliphatic rings. The van der Waals surface area contributed by atoms with Crippen LogP contribution in [0.1, 0.15) is 6.92 Å². The third-order valence-electron chi connectivity index (χ3n) is 1.63. The monoisotopic (exact) mass is 196 g/mol. The van der Waals surface area contributed by atoms with E-state index in [2.05, 4.69) is 0 Å². The highest BCUT2D eigenvalue weighted by molar-refractivity contribution is 7.99. The summed E-state index contributed by atoms with van der Waals surface area (Å²) in [5.41, 5.74) is 0. The molecule has 11 heavy (non-hydrogen) atoms. The maximum absolute atomic E-state index is 10.9. The summed E-state index contributed by atoms with van der Waals surface area (Å²) in [6, 6.07) is 0.0451. The van der Waals surface area contributed by atoms with Crippen LogP contribution in [-0.4, -0.2) is 36.8 Å². The van der Waals surface area contributed by atoms with Crippen LogP contribution >= 0.6 is 11.8 Å². The number of nitrogens with two attached hydrogens (primary N) is 1. The van der Waals surface area contributed by atoms with Crippen LogP contribution in [0.2, 0.25) is 0 Å². The van der Waals surface area contributed by atoms with Crippen LogP contribution in [-0.2, 0) is 10.2 Å². The Morgan fingerprint density at radius 2 is 2.27 bits per heavy atom. The van der Waals surface area contributed by atoms with E-state index in [1.807, 2.05) is 6.92 Å². The van der Waals surface area contributed by atoms with E-state index in [1.54, 1.807) is 11.8 Å². The van der Waals surface area contributed by atoms with E-state index < -0.39 is 10.2 Å². The molecule has 0 saturated carbocycles. The Hall–Kier alpha value is 0.220. The largest absolute Gasteiger partial charge is 0.277 e. The molecule has 1 unspecified atom stereocenters. The third kappa shape index (κ3) is 2.33. The minimum atomic E-state index is -3.46. The highest BCUT2D eigenvalue weighted by atomic mass is 32.2. The highest BCUT2D eigenvalue weighted by Gasteiger charge is 2.26. The second-order valence-electron chi connectivity index (χ2n) is 2.58. The molecule has 1 fully saturated rings. The summed E-state index contributed by atoms with van der Waals surface area (Å²) in [6.07, 6.45) is 0. The molecule has 6 heteroatoms. The standard InChI is InChI=1S/C5H12N2O2S2/c1-5-4-10-3-2-7(5)11(6,8)9/h5H,2-4H2,1H3,(H2,6,8,9). The first-order chi connectivity index (χ1) is 5.02. The van der Waals surface area contributed by atoms with Gasteiger partial charge in [0.25, 0.3) is 10.2 Å². The molecular formula is C5H12N2O2S2. The zero-order valence-electron chi connectivity index (χ0n) is 6.36. The van der Waals surface area contributed by atoms with Gasteiger partial charge in [0.05, 0.1) is 0 Å². The van der Waals surface area contributed by atoms with Gasteiger partial charge in [-0.05, 0) is 6.92 Å². The van der Waals surface area contributed by atoms with Crippen molar-refractivity contribution in [1.29, 1.82) is 0 Å². The fourth-order valence-corrected chi connectivity index (χ4v) is 3.24. The predicted molar refractivity (Wildman–Crippen MR) is 46.6 cm³/mol. The highest BCUT2D eigenvalue weighted by Crippen LogP contribution is 2.17. The lowest BCUT2D eigenvalue weighted by molar-refractivity contribution is 0.368. The Bertz CT molecular complexity index is 227. The van der Waals surface area contributed by atoms with Crippen LogP contribution in [0.5, 0.6) is 0 Å². The summed E-state index contributed by atoms with van der Waals surface area (Å²) in [6.45, 7) is 2.42. The Labute approximate surface area is 71.3 Å². The average molecular weight is 196 g/mol. The quantitative estimate of drug-likeness (QED) is 0.622. The molecule has 0 aromatic rings. The first-order valence-electron chi connectivity index (χ1n) is 3.39. The molecule has 1 atom stereocenters. The van der Waals surface area contributed by atoms with Gasteiger partial charge >= 0.3 is 0 Å². The van der Waals surface area contributed by atoms with Crippen LogP contribution in [0.4, 0.5) is 0 Å². The summed E-state index contributed by atoms with van der Waals surface area (Å²) in [5, 5.41) is 4.99. The van der Waals surface area contributed by atoms with E-state index in [4.69, 9.17) is 5.14 Å². The normalized spacial score (nSPS) is 28.7.